The molecule has 1 aromatic rings. The molecule has 1 aromatic carbocycles. The molecule has 0 unspecified atom stereocenters. The summed E-state index contributed by atoms with van der Waals surface area (Å²) < 4.78 is 13.0. The number of hydrogen-bond donors (Lipinski definition) is 1. The molecule has 2 rings (SSSR count). The van der Waals surface area contributed by atoms with E-state index in [9.17, 15) is 4.39 Å². The number of benzene rings is 1. The normalized spacial score (nSPS) is 26.6. The van der Waals surface area contributed by atoms with Gasteiger partial charge in [0.2, 0.25) is 0 Å². The second-order valence-corrected chi connectivity index (χ2v) is 4.64. The van der Waals surface area contributed by atoms with Crippen molar-refractivity contribution in [2.75, 3.05) is 6.54 Å². The Morgan fingerprint density at radius 1 is 1.40 bits per heavy atom. The molecule has 0 amide bonds. The third-order valence-corrected chi connectivity index (χ3v) is 3.27. The molecule has 1 aliphatic heterocycles. The van der Waals surface area contributed by atoms with Gasteiger partial charge in [0.05, 0.1) is 0 Å². The summed E-state index contributed by atoms with van der Waals surface area (Å²) in [5, 5.41) is 3.50. The lowest BCUT2D eigenvalue weighted by Gasteiger charge is -2.29. The lowest BCUT2D eigenvalue weighted by atomic mass is 9.88. The molecule has 1 nitrogen and oxygen atoms in total. The van der Waals surface area contributed by atoms with Crippen molar-refractivity contribution in [2.24, 2.45) is 5.92 Å². The Morgan fingerprint density at radius 3 is 2.87 bits per heavy atom. The summed E-state index contributed by atoms with van der Waals surface area (Å²) in [5.74, 6) is 0.626. The summed E-state index contributed by atoms with van der Waals surface area (Å²) in [5.41, 5.74) is 2.31. The highest BCUT2D eigenvalue weighted by Crippen LogP contribution is 2.28. The molecule has 1 N–H and O–H groups in total. The fraction of sp³-hybridized carbons (Fsp3) is 0.538. The average molecular weight is 207 g/mol. The van der Waals surface area contributed by atoms with Gasteiger partial charge in [-0.15, -0.1) is 0 Å². The summed E-state index contributed by atoms with van der Waals surface area (Å²) >= 11 is 0. The first kappa shape index (κ1) is 10.6. The molecule has 82 valence electrons. The van der Waals surface area contributed by atoms with Crippen LogP contribution >= 0.6 is 0 Å². The van der Waals surface area contributed by atoms with E-state index in [1.165, 1.54) is 12.0 Å². The zero-order valence-electron chi connectivity index (χ0n) is 9.39. The van der Waals surface area contributed by atoms with E-state index in [2.05, 4.69) is 12.2 Å². The SMILES string of the molecule is Cc1cc(F)ccc1[C@H]1C[C@@H](C)CCN1. The minimum absolute atomic E-state index is 0.139. The van der Waals surface area contributed by atoms with E-state index in [1.807, 2.05) is 13.0 Å². The van der Waals surface area contributed by atoms with E-state index >= 15 is 0 Å². The predicted molar refractivity (Wildman–Crippen MR) is 60.3 cm³/mol. The van der Waals surface area contributed by atoms with Gasteiger partial charge in [-0.3, -0.25) is 0 Å². The second-order valence-electron chi connectivity index (χ2n) is 4.64. The van der Waals surface area contributed by atoms with E-state index in [-0.39, 0.29) is 5.82 Å². The highest BCUT2D eigenvalue weighted by atomic mass is 19.1. The second kappa shape index (κ2) is 4.31. The van der Waals surface area contributed by atoms with Gasteiger partial charge in [-0.2, -0.15) is 0 Å². The molecule has 1 aliphatic rings. The number of piperidine rings is 1. The third-order valence-electron chi connectivity index (χ3n) is 3.27. The van der Waals surface area contributed by atoms with Crippen molar-refractivity contribution in [3.05, 3.63) is 35.1 Å². The summed E-state index contributed by atoms with van der Waals surface area (Å²) in [6.45, 7) is 5.34. The van der Waals surface area contributed by atoms with Crippen LogP contribution in [0, 0.1) is 18.7 Å². The fourth-order valence-corrected chi connectivity index (χ4v) is 2.37. The zero-order valence-corrected chi connectivity index (χ0v) is 9.39. The molecule has 0 aromatic heterocycles. The summed E-state index contributed by atoms with van der Waals surface area (Å²) in [6.07, 6.45) is 2.41. The Hall–Kier alpha value is -0.890. The van der Waals surface area contributed by atoms with Crippen LogP contribution in [0.2, 0.25) is 0 Å². The van der Waals surface area contributed by atoms with Gasteiger partial charge in [0.15, 0.2) is 0 Å². The van der Waals surface area contributed by atoms with E-state index < -0.39 is 0 Å². The maximum absolute atomic E-state index is 13.0. The van der Waals surface area contributed by atoms with Crippen LogP contribution in [0.1, 0.15) is 36.9 Å². The Labute approximate surface area is 90.7 Å². The van der Waals surface area contributed by atoms with Crippen molar-refractivity contribution in [3.8, 4) is 0 Å². The maximum Gasteiger partial charge on any atom is 0.123 e. The van der Waals surface area contributed by atoms with Crippen LogP contribution in [0.3, 0.4) is 0 Å². The van der Waals surface area contributed by atoms with Crippen LogP contribution < -0.4 is 5.32 Å². The van der Waals surface area contributed by atoms with Crippen LogP contribution in [0.5, 0.6) is 0 Å². The van der Waals surface area contributed by atoms with Crippen LogP contribution in [-0.2, 0) is 0 Å². The first-order valence-electron chi connectivity index (χ1n) is 5.66. The standard InChI is InChI=1S/C13H18FN/c1-9-5-6-15-13(7-9)12-4-3-11(14)8-10(12)2/h3-4,8-9,13,15H,5-7H2,1-2H3/t9-,13+/m0/s1. The number of nitrogens with one attached hydrogen (secondary N) is 1. The van der Waals surface area contributed by atoms with E-state index in [0.717, 1.165) is 24.4 Å². The first-order valence-corrected chi connectivity index (χ1v) is 5.66. The zero-order chi connectivity index (χ0) is 10.8. The molecule has 2 heteroatoms. The van der Waals surface area contributed by atoms with Crippen molar-refractivity contribution in [1.82, 2.24) is 5.32 Å². The maximum atomic E-state index is 13.0. The van der Waals surface area contributed by atoms with Crippen molar-refractivity contribution in [3.63, 3.8) is 0 Å². The average Bonchev–Trinajstić information content (AvgIpc) is 2.17. The first-order chi connectivity index (χ1) is 7.16. The number of hydrogen-bond acceptors (Lipinski definition) is 1. The summed E-state index contributed by atoms with van der Waals surface area (Å²) in [7, 11) is 0. The van der Waals surface area contributed by atoms with Gasteiger partial charge in [0, 0.05) is 6.04 Å². The Balaban J connectivity index is 2.21. The van der Waals surface area contributed by atoms with E-state index in [4.69, 9.17) is 0 Å². The van der Waals surface area contributed by atoms with Crippen LogP contribution in [0.25, 0.3) is 0 Å². The minimum Gasteiger partial charge on any atom is -0.310 e. The van der Waals surface area contributed by atoms with E-state index in [1.54, 1.807) is 12.1 Å². The molecule has 2 atom stereocenters. The number of rotatable bonds is 1. The van der Waals surface area contributed by atoms with Crippen molar-refractivity contribution >= 4 is 0 Å². The molecule has 0 radical (unpaired) electrons. The molecule has 1 heterocycles. The van der Waals surface area contributed by atoms with Gasteiger partial charge < -0.3 is 5.32 Å². The quantitative estimate of drug-likeness (QED) is 0.745. The molecule has 1 fully saturated rings. The van der Waals surface area contributed by atoms with Gasteiger partial charge >= 0.3 is 0 Å². The smallest absolute Gasteiger partial charge is 0.123 e. The summed E-state index contributed by atoms with van der Waals surface area (Å²) in [6, 6.07) is 5.51. The van der Waals surface area contributed by atoms with Crippen molar-refractivity contribution in [2.45, 2.75) is 32.7 Å². The van der Waals surface area contributed by atoms with Crippen molar-refractivity contribution < 1.29 is 4.39 Å². The van der Waals surface area contributed by atoms with Gasteiger partial charge in [-0.05, 0) is 55.5 Å². The molecule has 15 heavy (non-hydrogen) atoms. The summed E-state index contributed by atoms with van der Waals surface area (Å²) in [4.78, 5) is 0. The Morgan fingerprint density at radius 2 is 2.20 bits per heavy atom. The lowest BCUT2D eigenvalue weighted by Crippen LogP contribution is -2.31. The highest BCUT2D eigenvalue weighted by molar-refractivity contribution is 5.29. The van der Waals surface area contributed by atoms with Gasteiger partial charge in [-0.1, -0.05) is 13.0 Å². The minimum atomic E-state index is -0.139. The molecule has 0 spiro atoms. The predicted octanol–water partition coefficient (Wildman–Crippen LogP) is 3.19. The van der Waals surface area contributed by atoms with Crippen LogP contribution in [-0.4, -0.2) is 6.54 Å². The van der Waals surface area contributed by atoms with Gasteiger partial charge in [-0.25, -0.2) is 4.39 Å². The molecule has 0 saturated carbocycles. The van der Waals surface area contributed by atoms with Gasteiger partial charge in [0.25, 0.3) is 0 Å². The molecule has 1 saturated heterocycles. The Kier molecular flexibility index (Phi) is 3.06. The molecule has 0 aliphatic carbocycles. The van der Waals surface area contributed by atoms with E-state index in [0.29, 0.717) is 6.04 Å². The molecule has 0 bridgehead atoms. The fourth-order valence-electron chi connectivity index (χ4n) is 2.37. The topological polar surface area (TPSA) is 12.0 Å². The Bertz CT molecular complexity index is 348. The molecular weight excluding hydrogens is 189 g/mol. The largest absolute Gasteiger partial charge is 0.310 e. The van der Waals surface area contributed by atoms with Crippen LogP contribution in [0.4, 0.5) is 4.39 Å². The van der Waals surface area contributed by atoms with Crippen molar-refractivity contribution in [1.29, 1.82) is 0 Å². The number of halogens is 1. The number of aryl methyl sites for hydroxylation is 1. The lowest BCUT2D eigenvalue weighted by molar-refractivity contribution is 0.324. The van der Waals surface area contributed by atoms with Crippen LogP contribution in [0.15, 0.2) is 18.2 Å². The highest BCUT2D eigenvalue weighted by Gasteiger charge is 2.20. The molecular formula is C13H18FN. The monoisotopic (exact) mass is 207 g/mol. The third kappa shape index (κ3) is 2.37. The van der Waals surface area contributed by atoms with Gasteiger partial charge in [0.1, 0.15) is 5.82 Å².